The molecule has 0 spiro atoms. The Morgan fingerprint density at radius 2 is 1.86 bits per heavy atom. The number of ether oxygens (including phenoxy) is 1. The highest BCUT2D eigenvalue weighted by atomic mass is 16.5. The van der Waals surface area contributed by atoms with Crippen molar-refractivity contribution in [2.45, 2.75) is 32.5 Å². The van der Waals surface area contributed by atoms with Gasteiger partial charge in [0.2, 0.25) is 0 Å². The zero-order valence-corrected chi connectivity index (χ0v) is 16.8. The van der Waals surface area contributed by atoms with Crippen LogP contribution >= 0.6 is 0 Å². The van der Waals surface area contributed by atoms with Crippen molar-refractivity contribution in [3.8, 4) is 5.75 Å². The van der Waals surface area contributed by atoms with Crippen LogP contribution in [0.5, 0.6) is 5.75 Å². The molecule has 28 heavy (non-hydrogen) atoms. The maximum Gasteiger partial charge on any atom is 0.119 e. The van der Waals surface area contributed by atoms with E-state index in [1.54, 1.807) is 0 Å². The Kier molecular flexibility index (Phi) is 7.86. The number of benzene rings is 2. The largest absolute Gasteiger partial charge is 0.491 e. The van der Waals surface area contributed by atoms with Crippen LogP contribution in [0, 0.1) is 0 Å². The number of aliphatic hydroxyl groups excluding tert-OH is 2. The third-order valence-corrected chi connectivity index (χ3v) is 5.31. The van der Waals surface area contributed by atoms with Crippen molar-refractivity contribution in [1.29, 1.82) is 0 Å². The molecule has 1 aliphatic heterocycles. The predicted molar refractivity (Wildman–Crippen MR) is 111 cm³/mol. The van der Waals surface area contributed by atoms with Gasteiger partial charge in [0.05, 0.1) is 6.61 Å². The first-order chi connectivity index (χ1) is 13.7. The van der Waals surface area contributed by atoms with E-state index in [4.69, 9.17) is 9.84 Å². The first kappa shape index (κ1) is 20.8. The highest BCUT2D eigenvalue weighted by Crippen LogP contribution is 2.19. The van der Waals surface area contributed by atoms with Gasteiger partial charge in [-0.1, -0.05) is 43.3 Å². The molecule has 3 rings (SSSR count). The average molecular weight is 385 g/mol. The molecule has 1 atom stereocenters. The van der Waals surface area contributed by atoms with Gasteiger partial charge in [-0.05, 0) is 41.8 Å². The second-order valence-electron chi connectivity index (χ2n) is 7.45. The lowest BCUT2D eigenvalue weighted by atomic mass is 10.00. The smallest absolute Gasteiger partial charge is 0.119 e. The van der Waals surface area contributed by atoms with Gasteiger partial charge in [-0.15, -0.1) is 0 Å². The monoisotopic (exact) mass is 384 g/mol. The van der Waals surface area contributed by atoms with Gasteiger partial charge in [-0.3, -0.25) is 9.80 Å². The number of rotatable bonds is 10. The van der Waals surface area contributed by atoms with E-state index in [1.165, 1.54) is 16.7 Å². The summed E-state index contributed by atoms with van der Waals surface area (Å²) in [5, 5.41) is 19.5. The Balaban J connectivity index is 1.43. The zero-order chi connectivity index (χ0) is 19.8. The molecule has 0 fully saturated rings. The number of fused-ring (bicyclic) bond motifs is 1. The molecule has 152 valence electrons. The molecular weight excluding hydrogens is 352 g/mol. The quantitative estimate of drug-likeness (QED) is 0.658. The molecule has 0 aromatic heterocycles. The molecule has 0 amide bonds. The Labute approximate surface area is 168 Å². The van der Waals surface area contributed by atoms with Gasteiger partial charge in [0, 0.05) is 32.7 Å². The topological polar surface area (TPSA) is 56.2 Å². The molecule has 0 saturated heterocycles. The number of β-amino-alcohol motifs (C(OH)–C–C–N with tert-alkyl or cyclic N) is 1. The molecule has 0 unspecified atom stereocenters. The number of nitrogens with zero attached hydrogens (tertiary/aromatic N) is 2. The van der Waals surface area contributed by atoms with Crippen LogP contribution in [-0.2, 0) is 19.5 Å². The molecule has 0 saturated carbocycles. The average Bonchev–Trinajstić information content (AvgIpc) is 2.73. The van der Waals surface area contributed by atoms with Gasteiger partial charge in [-0.25, -0.2) is 0 Å². The fraction of sp³-hybridized carbons (Fsp3) is 0.478. The molecule has 0 aliphatic carbocycles. The lowest BCUT2D eigenvalue weighted by molar-refractivity contribution is 0.0638. The molecule has 2 aromatic rings. The summed E-state index contributed by atoms with van der Waals surface area (Å²) >= 11 is 0. The van der Waals surface area contributed by atoms with Gasteiger partial charge >= 0.3 is 0 Å². The van der Waals surface area contributed by atoms with Crippen molar-refractivity contribution < 1.29 is 14.9 Å². The van der Waals surface area contributed by atoms with E-state index in [0.717, 1.165) is 38.3 Å². The van der Waals surface area contributed by atoms with Gasteiger partial charge < -0.3 is 14.9 Å². The van der Waals surface area contributed by atoms with Crippen LogP contribution in [0.4, 0.5) is 0 Å². The maximum atomic E-state index is 10.4. The molecule has 2 aromatic carbocycles. The van der Waals surface area contributed by atoms with E-state index >= 15 is 0 Å². The van der Waals surface area contributed by atoms with Crippen molar-refractivity contribution in [2.24, 2.45) is 0 Å². The minimum atomic E-state index is -0.509. The first-order valence-electron chi connectivity index (χ1n) is 10.2. The summed E-state index contributed by atoms with van der Waals surface area (Å²) in [5.41, 5.74) is 3.97. The Bertz CT molecular complexity index is 720. The third-order valence-electron chi connectivity index (χ3n) is 5.31. The highest BCUT2D eigenvalue weighted by molar-refractivity contribution is 5.29. The van der Waals surface area contributed by atoms with Crippen LogP contribution in [0.15, 0.2) is 48.5 Å². The first-order valence-corrected chi connectivity index (χ1v) is 10.2. The van der Waals surface area contributed by atoms with Crippen LogP contribution in [0.25, 0.3) is 0 Å². The van der Waals surface area contributed by atoms with Crippen LogP contribution in [0.2, 0.25) is 0 Å². The molecule has 2 N–H and O–H groups in total. The highest BCUT2D eigenvalue weighted by Gasteiger charge is 2.18. The van der Waals surface area contributed by atoms with Gasteiger partial charge in [-0.2, -0.15) is 0 Å². The molecular formula is C23H32N2O3. The lowest BCUT2D eigenvalue weighted by Crippen LogP contribution is -2.38. The van der Waals surface area contributed by atoms with E-state index < -0.39 is 6.10 Å². The normalized spacial score (nSPS) is 15.4. The Hall–Kier alpha value is -1.92. The lowest BCUT2D eigenvalue weighted by Gasteiger charge is -2.30. The Morgan fingerprint density at radius 1 is 1.11 bits per heavy atom. The van der Waals surface area contributed by atoms with Crippen molar-refractivity contribution >= 4 is 0 Å². The van der Waals surface area contributed by atoms with E-state index in [2.05, 4.69) is 41.0 Å². The van der Waals surface area contributed by atoms with Crippen molar-refractivity contribution in [1.82, 2.24) is 9.80 Å². The van der Waals surface area contributed by atoms with Crippen LogP contribution in [0.3, 0.4) is 0 Å². The fourth-order valence-corrected chi connectivity index (χ4v) is 3.69. The van der Waals surface area contributed by atoms with E-state index in [1.807, 2.05) is 24.3 Å². The van der Waals surface area contributed by atoms with Gasteiger partial charge in [0.1, 0.15) is 18.5 Å². The molecule has 0 bridgehead atoms. The minimum Gasteiger partial charge on any atom is -0.491 e. The number of aliphatic hydroxyl groups is 2. The van der Waals surface area contributed by atoms with Crippen molar-refractivity contribution in [3.63, 3.8) is 0 Å². The summed E-state index contributed by atoms with van der Waals surface area (Å²) in [6, 6.07) is 16.5. The summed E-state index contributed by atoms with van der Waals surface area (Å²) in [4.78, 5) is 4.48. The van der Waals surface area contributed by atoms with E-state index in [-0.39, 0.29) is 6.61 Å². The summed E-state index contributed by atoms with van der Waals surface area (Å²) < 4.78 is 5.78. The maximum absolute atomic E-state index is 10.4. The summed E-state index contributed by atoms with van der Waals surface area (Å²) in [7, 11) is 0. The second-order valence-corrected chi connectivity index (χ2v) is 7.45. The summed E-state index contributed by atoms with van der Waals surface area (Å²) in [5.74, 6) is 0.775. The second kappa shape index (κ2) is 10.6. The predicted octanol–water partition coefficient (Wildman–Crippen LogP) is 2.30. The van der Waals surface area contributed by atoms with Crippen molar-refractivity contribution in [2.75, 3.05) is 39.4 Å². The summed E-state index contributed by atoms with van der Waals surface area (Å²) in [6.45, 7) is 7.46. The molecule has 5 heteroatoms. The third kappa shape index (κ3) is 6.04. The van der Waals surface area contributed by atoms with Crippen LogP contribution < -0.4 is 4.74 Å². The SMILES string of the molecule is CCN(CCO)Cc1ccc(OC[C@H](O)CN2CCc3ccccc3C2)cc1. The van der Waals surface area contributed by atoms with Crippen LogP contribution in [-0.4, -0.2) is 65.5 Å². The van der Waals surface area contributed by atoms with E-state index in [0.29, 0.717) is 19.7 Å². The summed E-state index contributed by atoms with van der Waals surface area (Å²) in [6.07, 6.45) is 0.529. The number of likely N-dealkylation sites (N-methyl/N-ethyl adjacent to an activating group) is 1. The molecule has 1 heterocycles. The molecule has 1 aliphatic rings. The van der Waals surface area contributed by atoms with Crippen molar-refractivity contribution in [3.05, 3.63) is 65.2 Å². The Morgan fingerprint density at radius 3 is 2.57 bits per heavy atom. The standard InChI is InChI=1S/C23H32N2O3/c1-2-24(13-14-26)15-19-7-9-23(10-8-19)28-18-22(27)17-25-12-11-20-5-3-4-6-21(20)16-25/h3-10,22,26-27H,2,11-18H2,1H3/t22-/m1/s1. The molecule has 0 radical (unpaired) electrons. The zero-order valence-electron chi connectivity index (χ0n) is 16.8. The number of hydrogen-bond donors (Lipinski definition) is 2. The molecule has 5 nitrogen and oxygen atoms in total. The van der Waals surface area contributed by atoms with Crippen LogP contribution in [0.1, 0.15) is 23.6 Å². The van der Waals surface area contributed by atoms with Gasteiger partial charge in [0.25, 0.3) is 0 Å². The van der Waals surface area contributed by atoms with E-state index in [9.17, 15) is 5.11 Å². The van der Waals surface area contributed by atoms with Gasteiger partial charge in [0.15, 0.2) is 0 Å². The fourth-order valence-electron chi connectivity index (χ4n) is 3.69. The minimum absolute atomic E-state index is 0.176. The number of hydrogen-bond acceptors (Lipinski definition) is 5.